The van der Waals surface area contributed by atoms with Crippen molar-refractivity contribution in [1.29, 1.82) is 0 Å². The molecule has 3 aromatic rings. The summed E-state index contributed by atoms with van der Waals surface area (Å²) in [6.07, 6.45) is 0. The second kappa shape index (κ2) is 8.47. The van der Waals surface area contributed by atoms with E-state index in [9.17, 15) is 4.79 Å². The number of fused-ring (bicyclic) bond motifs is 1. The minimum absolute atomic E-state index is 0.241. The Morgan fingerprint density at radius 3 is 2.63 bits per heavy atom. The van der Waals surface area contributed by atoms with E-state index >= 15 is 0 Å². The number of rotatable bonds is 5. The van der Waals surface area contributed by atoms with Crippen LogP contribution in [0, 0.1) is 0 Å². The molecule has 0 atom stereocenters. The first kappa shape index (κ1) is 17.9. The fourth-order valence-corrected chi connectivity index (χ4v) is 3.99. The quantitative estimate of drug-likeness (QED) is 0.709. The van der Waals surface area contributed by atoms with Gasteiger partial charge in [0.1, 0.15) is 0 Å². The number of hydrogen-bond acceptors (Lipinski definition) is 5. The van der Waals surface area contributed by atoms with E-state index in [1.807, 2.05) is 36.4 Å². The Labute approximate surface area is 162 Å². The average molecular weight is 382 g/mol. The summed E-state index contributed by atoms with van der Waals surface area (Å²) in [5.74, 6) is 0. The number of benzene rings is 2. The van der Waals surface area contributed by atoms with Crippen LogP contribution in [0.15, 0.2) is 48.5 Å². The summed E-state index contributed by atoms with van der Waals surface area (Å²) in [7, 11) is 0. The fraction of sp³-hybridized carbons (Fsp3) is 0.300. The van der Waals surface area contributed by atoms with Gasteiger partial charge >= 0.3 is 6.03 Å². The lowest BCUT2D eigenvalue weighted by molar-refractivity contribution is 0.0341. The van der Waals surface area contributed by atoms with Crippen LogP contribution in [0.4, 0.5) is 9.93 Å². The predicted octanol–water partition coefficient (Wildman–Crippen LogP) is 3.45. The minimum Gasteiger partial charge on any atom is -0.379 e. The molecule has 1 aromatic heterocycles. The van der Waals surface area contributed by atoms with Gasteiger partial charge in [-0.05, 0) is 23.3 Å². The van der Waals surface area contributed by atoms with E-state index in [1.165, 1.54) is 16.9 Å². The number of hydrogen-bond donors (Lipinski definition) is 2. The van der Waals surface area contributed by atoms with Crippen LogP contribution in [-0.2, 0) is 17.8 Å². The van der Waals surface area contributed by atoms with Gasteiger partial charge in [-0.15, -0.1) is 0 Å². The zero-order valence-corrected chi connectivity index (χ0v) is 15.8. The highest BCUT2D eigenvalue weighted by molar-refractivity contribution is 7.22. The number of aromatic nitrogens is 1. The third-order valence-corrected chi connectivity index (χ3v) is 5.52. The number of amides is 2. The molecule has 0 spiro atoms. The van der Waals surface area contributed by atoms with Gasteiger partial charge in [0.15, 0.2) is 5.13 Å². The summed E-state index contributed by atoms with van der Waals surface area (Å²) in [5.41, 5.74) is 3.26. The standard InChI is InChI=1S/C20H22N4O2S/c25-19(23-20-22-17-7-3-4-8-18(17)27-20)21-13-15-5-1-2-6-16(15)14-24-9-11-26-12-10-24/h1-8H,9-14H2,(H2,21,22,23,25). The van der Waals surface area contributed by atoms with Crippen LogP contribution in [0.25, 0.3) is 10.2 Å². The molecule has 0 unspecified atom stereocenters. The highest BCUT2D eigenvalue weighted by Crippen LogP contribution is 2.25. The maximum atomic E-state index is 12.3. The molecule has 7 heteroatoms. The number of carbonyl (C=O) groups is 1. The number of nitrogens with zero attached hydrogens (tertiary/aromatic N) is 2. The summed E-state index contributed by atoms with van der Waals surface area (Å²) < 4.78 is 6.47. The van der Waals surface area contributed by atoms with Gasteiger partial charge in [0, 0.05) is 26.2 Å². The van der Waals surface area contributed by atoms with E-state index in [0.29, 0.717) is 11.7 Å². The first-order valence-electron chi connectivity index (χ1n) is 9.05. The minimum atomic E-state index is -0.241. The van der Waals surface area contributed by atoms with Crippen molar-refractivity contribution in [3.8, 4) is 0 Å². The summed E-state index contributed by atoms with van der Waals surface area (Å²) >= 11 is 1.47. The van der Waals surface area contributed by atoms with Crippen molar-refractivity contribution >= 4 is 32.7 Å². The van der Waals surface area contributed by atoms with Crippen LogP contribution in [-0.4, -0.2) is 42.2 Å². The smallest absolute Gasteiger partial charge is 0.321 e. The van der Waals surface area contributed by atoms with E-state index in [-0.39, 0.29) is 6.03 Å². The molecule has 0 radical (unpaired) electrons. The maximum absolute atomic E-state index is 12.3. The molecule has 1 fully saturated rings. The molecule has 2 heterocycles. The van der Waals surface area contributed by atoms with Gasteiger partial charge < -0.3 is 10.1 Å². The Bertz CT molecular complexity index is 888. The maximum Gasteiger partial charge on any atom is 0.321 e. The first-order valence-corrected chi connectivity index (χ1v) is 9.87. The third kappa shape index (κ3) is 4.63. The molecule has 0 aliphatic carbocycles. The largest absolute Gasteiger partial charge is 0.379 e. The van der Waals surface area contributed by atoms with Crippen LogP contribution in [0.3, 0.4) is 0 Å². The lowest BCUT2D eigenvalue weighted by Crippen LogP contribution is -2.36. The molecule has 1 aliphatic heterocycles. The highest BCUT2D eigenvalue weighted by Gasteiger charge is 2.13. The van der Waals surface area contributed by atoms with Gasteiger partial charge in [-0.1, -0.05) is 47.7 Å². The Morgan fingerprint density at radius 2 is 1.81 bits per heavy atom. The highest BCUT2D eigenvalue weighted by atomic mass is 32.1. The number of nitrogens with one attached hydrogen (secondary N) is 2. The van der Waals surface area contributed by atoms with Gasteiger partial charge in [-0.25, -0.2) is 9.78 Å². The summed E-state index contributed by atoms with van der Waals surface area (Å²) in [6.45, 7) is 4.81. The number of carbonyl (C=O) groups excluding carboxylic acids is 1. The Kier molecular flexibility index (Phi) is 5.62. The van der Waals surface area contributed by atoms with Gasteiger partial charge in [0.2, 0.25) is 0 Å². The molecule has 4 rings (SSSR count). The third-order valence-electron chi connectivity index (χ3n) is 4.57. The number of anilines is 1. The van der Waals surface area contributed by atoms with Gasteiger partial charge in [-0.3, -0.25) is 10.2 Å². The number of thiazole rings is 1. The van der Waals surface area contributed by atoms with Crippen molar-refractivity contribution < 1.29 is 9.53 Å². The van der Waals surface area contributed by atoms with E-state index < -0.39 is 0 Å². The van der Waals surface area contributed by atoms with Crippen molar-refractivity contribution in [2.45, 2.75) is 13.1 Å². The number of urea groups is 1. The zero-order valence-electron chi connectivity index (χ0n) is 15.0. The molecule has 0 saturated carbocycles. The second-order valence-corrected chi connectivity index (χ2v) is 7.48. The first-order chi connectivity index (χ1) is 13.3. The monoisotopic (exact) mass is 382 g/mol. The molecular weight excluding hydrogens is 360 g/mol. The lowest BCUT2D eigenvalue weighted by Gasteiger charge is -2.27. The van der Waals surface area contributed by atoms with Crippen LogP contribution < -0.4 is 10.6 Å². The Hall–Kier alpha value is -2.48. The van der Waals surface area contributed by atoms with Crippen LogP contribution in [0.2, 0.25) is 0 Å². The number of ether oxygens (including phenoxy) is 1. The number of morpholine rings is 1. The van der Waals surface area contributed by atoms with Crippen LogP contribution >= 0.6 is 11.3 Å². The molecule has 2 aromatic carbocycles. The van der Waals surface area contributed by atoms with Crippen molar-refractivity contribution in [2.75, 3.05) is 31.6 Å². The molecule has 0 bridgehead atoms. The molecule has 27 heavy (non-hydrogen) atoms. The van der Waals surface area contributed by atoms with Crippen LogP contribution in [0.5, 0.6) is 0 Å². The van der Waals surface area contributed by atoms with Crippen molar-refractivity contribution in [1.82, 2.24) is 15.2 Å². The topological polar surface area (TPSA) is 66.5 Å². The Morgan fingerprint density at radius 1 is 1.07 bits per heavy atom. The molecule has 1 saturated heterocycles. The zero-order chi connectivity index (χ0) is 18.5. The van der Waals surface area contributed by atoms with Crippen LogP contribution in [0.1, 0.15) is 11.1 Å². The molecular formula is C20H22N4O2S. The van der Waals surface area contributed by atoms with Crippen molar-refractivity contribution in [3.05, 3.63) is 59.7 Å². The normalized spacial score (nSPS) is 15.0. The summed E-state index contributed by atoms with van der Waals surface area (Å²) in [4.78, 5) is 19.1. The van der Waals surface area contributed by atoms with E-state index in [4.69, 9.17) is 4.74 Å². The summed E-state index contributed by atoms with van der Waals surface area (Å²) in [5, 5.41) is 6.38. The number of para-hydroxylation sites is 1. The van der Waals surface area contributed by atoms with E-state index in [0.717, 1.165) is 48.6 Å². The average Bonchev–Trinajstić information content (AvgIpc) is 3.10. The lowest BCUT2D eigenvalue weighted by atomic mass is 10.1. The Balaban J connectivity index is 1.35. The molecule has 140 valence electrons. The van der Waals surface area contributed by atoms with Gasteiger partial charge in [0.25, 0.3) is 0 Å². The second-order valence-electron chi connectivity index (χ2n) is 6.45. The fourth-order valence-electron chi connectivity index (χ4n) is 3.13. The van der Waals surface area contributed by atoms with E-state index in [1.54, 1.807) is 0 Å². The predicted molar refractivity (Wildman–Crippen MR) is 108 cm³/mol. The SMILES string of the molecule is O=C(NCc1ccccc1CN1CCOCC1)Nc1nc2ccccc2s1. The van der Waals surface area contributed by atoms with Gasteiger partial charge in [-0.2, -0.15) is 0 Å². The molecule has 6 nitrogen and oxygen atoms in total. The van der Waals surface area contributed by atoms with Crippen molar-refractivity contribution in [3.63, 3.8) is 0 Å². The van der Waals surface area contributed by atoms with Crippen molar-refractivity contribution in [2.24, 2.45) is 0 Å². The summed E-state index contributed by atoms with van der Waals surface area (Å²) in [6, 6.07) is 15.8. The van der Waals surface area contributed by atoms with Gasteiger partial charge in [0.05, 0.1) is 23.4 Å². The van der Waals surface area contributed by atoms with E-state index in [2.05, 4.69) is 32.7 Å². The molecule has 2 amide bonds. The molecule has 1 aliphatic rings. The molecule has 2 N–H and O–H groups in total.